The van der Waals surface area contributed by atoms with Gasteiger partial charge in [-0.1, -0.05) is 24.3 Å². The molecule has 0 unspecified atom stereocenters. The van der Waals surface area contributed by atoms with Crippen molar-refractivity contribution in [3.05, 3.63) is 71.3 Å². The van der Waals surface area contributed by atoms with E-state index in [2.05, 4.69) is 5.32 Å². The van der Waals surface area contributed by atoms with Gasteiger partial charge in [-0.3, -0.25) is 9.59 Å². The molecule has 0 saturated carbocycles. The number of nitrogens with one attached hydrogen (secondary N) is 1. The molecular formula is C25H25F5N2O3. The molecule has 10 heteroatoms. The number of nitrogens with zero attached hydrogens (tertiary/aromatic N) is 1. The highest BCUT2D eigenvalue weighted by Gasteiger charge is 2.64. The number of alkyl halides is 3. The summed E-state index contributed by atoms with van der Waals surface area (Å²) in [6.45, 7) is 0.275. The Morgan fingerprint density at radius 2 is 1.54 bits per heavy atom. The molecule has 2 heterocycles. The van der Waals surface area contributed by atoms with Crippen molar-refractivity contribution in [1.29, 1.82) is 0 Å². The summed E-state index contributed by atoms with van der Waals surface area (Å²) in [7, 11) is 0.802. The van der Waals surface area contributed by atoms with Crippen LogP contribution in [0.1, 0.15) is 36.3 Å². The Morgan fingerprint density at radius 3 is 2.06 bits per heavy atom. The van der Waals surface area contributed by atoms with Gasteiger partial charge < -0.3 is 15.0 Å². The van der Waals surface area contributed by atoms with Gasteiger partial charge in [0.05, 0.1) is 0 Å². The number of amides is 2. The van der Waals surface area contributed by atoms with Gasteiger partial charge >= 0.3 is 6.18 Å². The number of carbonyl (C=O) groups excluding carboxylic acids is 2. The predicted octanol–water partition coefficient (Wildman–Crippen LogP) is 4.28. The van der Waals surface area contributed by atoms with E-state index >= 15 is 0 Å². The van der Waals surface area contributed by atoms with Gasteiger partial charge in [0.25, 0.3) is 11.5 Å². The van der Waals surface area contributed by atoms with Crippen molar-refractivity contribution in [3.63, 3.8) is 0 Å². The lowest BCUT2D eigenvalue weighted by Crippen LogP contribution is -2.60. The maximum absolute atomic E-state index is 14.3. The topological polar surface area (TPSA) is 58.6 Å². The SMILES string of the molecule is CO[C@](C(=O)N1CCC2(CC1)CC(=O)NC[C@H]2c1ccc(F)cc1)(c1ccc(F)cc1)C(F)(F)F. The van der Waals surface area contributed by atoms with Crippen molar-refractivity contribution in [2.45, 2.75) is 37.0 Å². The summed E-state index contributed by atoms with van der Waals surface area (Å²) < 4.78 is 74.7. The van der Waals surface area contributed by atoms with Crippen LogP contribution >= 0.6 is 0 Å². The maximum atomic E-state index is 14.3. The molecular weight excluding hydrogens is 471 g/mol. The Hall–Kier alpha value is -3.01. The van der Waals surface area contributed by atoms with E-state index in [0.717, 1.165) is 41.8 Å². The fourth-order valence-corrected chi connectivity index (χ4v) is 5.42. The molecule has 35 heavy (non-hydrogen) atoms. The number of hydrogen-bond donors (Lipinski definition) is 1. The fourth-order valence-electron chi connectivity index (χ4n) is 5.42. The number of hydrogen-bond acceptors (Lipinski definition) is 3. The Kier molecular flexibility index (Phi) is 6.61. The molecule has 0 bridgehead atoms. The predicted molar refractivity (Wildman–Crippen MR) is 116 cm³/mol. The molecule has 188 valence electrons. The second kappa shape index (κ2) is 9.22. The average molecular weight is 496 g/mol. The van der Waals surface area contributed by atoms with Gasteiger partial charge in [0.2, 0.25) is 5.91 Å². The van der Waals surface area contributed by atoms with Gasteiger partial charge in [-0.25, -0.2) is 8.78 Å². The number of carbonyl (C=O) groups is 2. The molecule has 0 radical (unpaired) electrons. The molecule has 1 spiro atoms. The van der Waals surface area contributed by atoms with Crippen molar-refractivity contribution in [2.75, 3.05) is 26.7 Å². The van der Waals surface area contributed by atoms with Gasteiger partial charge in [-0.15, -0.1) is 0 Å². The maximum Gasteiger partial charge on any atom is 0.430 e. The summed E-state index contributed by atoms with van der Waals surface area (Å²) in [6, 6.07) is 9.43. The molecule has 2 aliphatic heterocycles. The summed E-state index contributed by atoms with van der Waals surface area (Å²) in [6.07, 6.45) is -4.37. The zero-order chi connectivity index (χ0) is 25.4. The van der Waals surface area contributed by atoms with Crippen molar-refractivity contribution < 1.29 is 36.3 Å². The van der Waals surface area contributed by atoms with Crippen LogP contribution in [0.25, 0.3) is 0 Å². The molecule has 2 aliphatic rings. The highest BCUT2D eigenvalue weighted by atomic mass is 19.4. The van der Waals surface area contributed by atoms with E-state index in [1.807, 2.05) is 0 Å². The van der Waals surface area contributed by atoms with Crippen LogP contribution in [0.5, 0.6) is 0 Å². The summed E-state index contributed by atoms with van der Waals surface area (Å²) in [5, 5.41) is 2.82. The van der Waals surface area contributed by atoms with Crippen LogP contribution in [0.15, 0.2) is 48.5 Å². The van der Waals surface area contributed by atoms with Crippen molar-refractivity contribution in [1.82, 2.24) is 10.2 Å². The van der Waals surface area contributed by atoms with Crippen LogP contribution in [-0.4, -0.2) is 49.6 Å². The minimum Gasteiger partial charge on any atom is -0.356 e. The molecule has 2 aromatic carbocycles. The molecule has 2 saturated heterocycles. The molecule has 4 rings (SSSR count). The second-order valence-corrected chi connectivity index (χ2v) is 9.13. The van der Waals surface area contributed by atoms with Crippen molar-refractivity contribution in [3.8, 4) is 0 Å². The van der Waals surface area contributed by atoms with Crippen LogP contribution in [0.3, 0.4) is 0 Å². The van der Waals surface area contributed by atoms with Gasteiger partial charge in [-0.05, 0) is 48.1 Å². The molecule has 2 atom stereocenters. The third-order valence-corrected chi connectivity index (χ3v) is 7.33. The van der Waals surface area contributed by atoms with E-state index in [1.165, 1.54) is 12.1 Å². The Balaban J connectivity index is 1.62. The van der Waals surface area contributed by atoms with Gasteiger partial charge in [0.15, 0.2) is 0 Å². The summed E-state index contributed by atoms with van der Waals surface area (Å²) in [5.41, 5.74) is -3.56. The van der Waals surface area contributed by atoms with E-state index < -0.39 is 40.3 Å². The molecule has 2 fully saturated rings. The molecule has 0 aliphatic carbocycles. The lowest BCUT2D eigenvalue weighted by molar-refractivity contribution is -0.271. The van der Waals surface area contributed by atoms with Crippen molar-refractivity contribution in [2.24, 2.45) is 5.41 Å². The smallest absolute Gasteiger partial charge is 0.356 e. The van der Waals surface area contributed by atoms with Crippen LogP contribution in [-0.2, 0) is 19.9 Å². The van der Waals surface area contributed by atoms with Crippen LogP contribution in [0.4, 0.5) is 22.0 Å². The number of rotatable bonds is 4. The number of halogens is 5. The summed E-state index contributed by atoms with van der Waals surface area (Å²) in [5.74, 6) is -2.77. The first-order valence-electron chi connectivity index (χ1n) is 11.2. The van der Waals surface area contributed by atoms with Gasteiger partial charge in [-0.2, -0.15) is 13.2 Å². The van der Waals surface area contributed by atoms with E-state index in [4.69, 9.17) is 4.74 Å². The Morgan fingerprint density at radius 1 is 1.00 bits per heavy atom. The van der Waals surface area contributed by atoms with Crippen LogP contribution < -0.4 is 5.32 Å². The number of methoxy groups -OCH3 is 1. The average Bonchev–Trinajstić information content (AvgIpc) is 2.81. The number of benzene rings is 2. The minimum absolute atomic E-state index is 0.0216. The first-order chi connectivity index (χ1) is 16.5. The lowest BCUT2D eigenvalue weighted by atomic mass is 9.62. The molecule has 1 N–H and O–H groups in total. The van der Waals surface area contributed by atoms with Gasteiger partial charge in [0, 0.05) is 44.6 Å². The third kappa shape index (κ3) is 4.39. The fraction of sp³-hybridized carbons (Fsp3) is 0.440. The Labute approximate surface area is 199 Å². The zero-order valence-corrected chi connectivity index (χ0v) is 19.0. The highest BCUT2D eigenvalue weighted by molar-refractivity contribution is 5.88. The van der Waals surface area contributed by atoms with Crippen LogP contribution in [0, 0.1) is 17.0 Å². The van der Waals surface area contributed by atoms with Crippen LogP contribution in [0.2, 0.25) is 0 Å². The zero-order valence-electron chi connectivity index (χ0n) is 19.0. The third-order valence-electron chi connectivity index (χ3n) is 7.33. The standard InChI is InChI=1S/C25H25F5N2O3/c1-35-24(25(28,29)30,17-4-8-19(27)9-5-17)22(34)32-12-10-23(11-13-32)14-21(33)31-15-20(23)16-2-6-18(26)7-3-16/h2-9,20H,10-15H2,1H3,(H,31,33)/t20-,24-/m0/s1. The molecule has 2 aromatic rings. The second-order valence-electron chi connectivity index (χ2n) is 9.13. The number of likely N-dealkylation sites (tertiary alicyclic amines) is 1. The molecule has 0 aromatic heterocycles. The lowest BCUT2D eigenvalue weighted by Gasteiger charge is -2.50. The monoisotopic (exact) mass is 496 g/mol. The highest BCUT2D eigenvalue weighted by Crippen LogP contribution is 2.50. The van der Waals surface area contributed by atoms with E-state index in [9.17, 15) is 31.5 Å². The Bertz CT molecular complexity index is 1080. The quantitative estimate of drug-likeness (QED) is 0.643. The van der Waals surface area contributed by atoms with E-state index in [-0.39, 0.29) is 44.2 Å². The number of piperidine rings is 2. The van der Waals surface area contributed by atoms with Gasteiger partial charge in [0.1, 0.15) is 11.6 Å². The number of ether oxygens (including phenoxy) is 1. The first kappa shape index (κ1) is 25.1. The van der Waals surface area contributed by atoms with E-state index in [0.29, 0.717) is 6.54 Å². The van der Waals surface area contributed by atoms with E-state index in [1.54, 1.807) is 12.1 Å². The molecule has 2 amide bonds. The first-order valence-corrected chi connectivity index (χ1v) is 11.2. The minimum atomic E-state index is -5.10. The summed E-state index contributed by atoms with van der Waals surface area (Å²) in [4.78, 5) is 26.8. The largest absolute Gasteiger partial charge is 0.430 e. The normalized spacial score (nSPS) is 21.9. The van der Waals surface area contributed by atoms with Crippen molar-refractivity contribution >= 4 is 11.8 Å². The summed E-state index contributed by atoms with van der Waals surface area (Å²) >= 11 is 0. The molecule has 5 nitrogen and oxygen atoms in total.